The molecule has 1 heterocycles. The maximum Gasteiger partial charge on any atom is 0.178 e. The molecule has 0 amide bonds. The normalized spacial score (nSPS) is 19.6. The maximum absolute atomic E-state index is 12.1. The van der Waals surface area contributed by atoms with Crippen molar-refractivity contribution in [3.8, 4) is 0 Å². The molecule has 3 nitrogen and oxygen atoms in total. The summed E-state index contributed by atoms with van der Waals surface area (Å²) in [6.07, 6.45) is 6.15. The summed E-state index contributed by atoms with van der Waals surface area (Å²) in [5, 5.41) is 1.14. The summed E-state index contributed by atoms with van der Waals surface area (Å²) in [4.78, 5) is 15.1. The third kappa shape index (κ3) is 2.26. The molecule has 0 atom stereocenters. The fourth-order valence-corrected chi connectivity index (χ4v) is 3.53. The highest BCUT2D eigenvalue weighted by molar-refractivity contribution is 7.18. The van der Waals surface area contributed by atoms with Crippen molar-refractivity contribution in [1.29, 1.82) is 0 Å². The number of nitrogens with zero attached hydrogens (tertiary/aromatic N) is 1. The second kappa shape index (κ2) is 4.57. The van der Waals surface area contributed by atoms with Gasteiger partial charge in [0, 0.05) is 19.5 Å². The summed E-state index contributed by atoms with van der Waals surface area (Å²) < 4.78 is 0. The first-order chi connectivity index (χ1) is 8.65. The summed E-state index contributed by atoms with van der Waals surface area (Å²) >= 11 is 1.57. The Morgan fingerprint density at radius 1 is 1.44 bits per heavy atom. The molecular weight excluding hydrogens is 244 g/mol. The summed E-state index contributed by atoms with van der Waals surface area (Å²) in [6, 6.07) is 1.97. The number of hydrogen-bond donors (Lipinski definition) is 1. The number of ketones is 1. The third-order valence-corrected chi connectivity index (χ3v) is 5.33. The van der Waals surface area contributed by atoms with Gasteiger partial charge in [-0.2, -0.15) is 0 Å². The lowest BCUT2D eigenvalue weighted by Gasteiger charge is -2.30. The average molecular weight is 264 g/mol. The minimum Gasteiger partial charge on any atom is -0.397 e. The van der Waals surface area contributed by atoms with Gasteiger partial charge in [0.1, 0.15) is 0 Å². The minimum atomic E-state index is 0.260. The lowest BCUT2D eigenvalue weighted by atomic mass is 9.85. The topological polar surface area (TPSA) is 46.3 Å². The zero-order chi connectivity index (χ0) is 12.7. The van der Waals surface area contributed by atoms with Gasteiger partial charge in [0.05, 0.1) is 15.6 Å². The Labute approximate surface area is 112 Å². The highest BCUT2D eigenvalue weighted by atomic mass is 32.1. The predicted octanol–water partition coefficient (Wildman–Crippen LogP) is 3.16. The van der Waals surface area contributed by atoms with E-state index in [9.17, 15) is 4.79 Å². The first-order valence-electron chi connectivity index (χ1n) is 6.80. The molecule has 0 aliphatic heterocycles. The van der Waals surface area contributed by atoms with Crippen LogP contribution < -0.4 is 10.6 Å². The monoisotopic (exact) mass is 264 g/mol. The molecule has 98 valence electrons. The van der Waals surface area contributed by atoms with Crippen LogP contribution in [-0.2, 0) is 0 Å². The van der Waals surface area contributed by atoms with E-state index in [1.807, 2.05) is 6.07 Å². The highest BCUT2D eigenvalue weighted by Gasteiger charge is 2.33. The van der Waals surface area contributed by atoms with E-state index >= 15 is 0 Å². The third-order valence-electron chi connectivity index (χ3n) is 4.05. The number of anilines is 2. The van der Waals surface area contributed by atoms with Gasteiger partial charge in [-0.25, -0.2) is 0 Å². The quantitative estimate of drug-likeness (QED) is 0.831. The Morgan fingerprint density at radius 2 is 2.17 bits per heavy atom. The van der Waals surface area contributed by atoms with Crippen molar-refractivity contribution < 1.29 is 4.79 Å². The second-order valence-electron chi connectivity index (χ2n) is 5.69. The van der Waals surface area contributed by atoms with Gasteiger partial charge >= 0.3 is 0 Å². The summed E-state index contributed by atoms with van der Waals surface area (Å²) in [5.41, 5.74) is 6.66. The van der Waals surface area contributed by atoms with Crippen LogP contribution in [-0.4, -0.2) is 19.4 Å². The van der Waals surface area contributed by atoms with E-state index in [0.717, 1.165) is 35.2 Å². The molecule has 0 spiro atoms. The van der Waals surface area contributed by atoms with Crippen molar-refractivity contribution in [3.63, 3.8) is 0 Å². The van der Waals surface area contributed by atoms with Gasteiger partial charge in [-0.1, -0.05) is 6.42 Å². The molecule has 2 aliphatic rings. The van der Waals surface area contributed by atoms with Crippen molar-refractivity contribution in [2.24, 2.45) is 11.8 Å². The molecule has 0 radical (unpaired) electrons. The first-order valence-corrected chi connectivity index (χ1v) is 7.61. The molecule has 0 bridgehead atoms. The Hall–Kier alpha value is -1.03. The molecule has 3 rings (SSSR count). The van der Waals surface area contributed by atoms with Gasteiger partial charge in [0.15, 0.2) is 5.78 Å². The van der Waals surface area contributed by atoms with Crippen LogP contribution in [0.5, 0.6) is 0 Å². The van der Waals surface area contributed by atoms with E-state index in [-0.39, 0.29) is 11.7 Å². The molecular formula is C14H20N2OS. The van der Waals surface area contributed by atoms with Gasteiger partial charge in [0.2, 0.25) is 0 Å². The fraction of sp³-hybridized carbons (Fsp3) is 0.643. The Balaban J connectivity index is 1.71. The van der Waals surface area contributed by atoms with Crippen molar-refractivity contribution in [1.82, 2.24) is 0 Å². The second-order valence-corrected chi connectivity index (χ2v) is 6.72. The van der Waals surface area contributed by atoms with Crippen molar-refractivity contribution in [2.45, 2.75) is 32.1 Å². The summed E-state index contributed by atoms with van der Waals surface area (Å²) in [5.74, 6) is 1.36. The average Bonchev–Trinajstić information content (AvgIpc) is 3.06. The van der Waals surface area contributed by atoms with Crippen LogP contribution in [0.25, 0.3) is 0 Å². The van der Waals surface area contributed by atoms with Crippen LogP contribution in [0.3, 0.4) is 0 Å². The van der Waals surface area contributed by atoms with Crippen LogP contribution in [0.2, 0.25) is 0 Å². The lowest BCUT2D eigenvalue weighted by Crippen LogP contribution is -2.28. The molecule has 2 saturated carbocycles. The number of thiophene rings is 1. The number of rotatable bonds is 5. The minimum absolute atomic E-state index is 0.260. The fourth-order valence-electron chi connectivity index (χ4n) is 2.46. The van der Waals surface area contributed by atoms with Crippen molar-refractivity contribution >= 4 is 27.8 Å². The van der Waals surface area contributed by atoms with E-state index in [1.165, 1.54) is 19.3 Å². The molecule has 18 heavy (non-hydrogen) atoms. The van der Waals surface area contributed by atoms with E-state index in [1.54, 1.807) is 11.3 Å². The van der Waals surface area contributed by atoms with Crippen LogP contribution in [0.1, 0.15) is 41.8 Å². The Bertz CT molecular complexity index is 460. The molecule has 2 N–H and O–H groups in total. The molecule has 0 saturated heterocycles. The number of Topliss-reactive ketones (excluding diaryl/α,β-unsaturated/α-hetero) is 1. The Kier molecular flexibility index (Phi) is 3.06. The van der Waals surface area contributed by atoms with E-state index in [0.29, 0.717) is 5.69 Å². The zero-order valence-corrected chi connectivity index (χ0v) is 11.6. The largest absolute Gasteiger partial charge is 0.397 e. The molecule has 0 aromatic carbocycles. The van der Waals surface area contributed by atoms with Crippen LogP contribution in [0, 0.1) is 11.8 Å². The van der Waals surface area contributed by atoms with Crippen LogP contribution >= 0.6 is 11.3 Å². The maximum atomic E-state index is 12.1. The lowest BCUT2D eigenvalue weighted by molar-refractivity contribution is 0.0972. The van der Waals surface area contributed by atoms with E-state index in [4.69, 9.17) is 5.73 Å². The van der Waals surface area contributed by atoms with Gasteiger partial charge < -0.3 is 10.6 Å². The smallest absolute Gasteiger partial charge is 0.178 e. The van der Waals surface area contributed by atoms with Crippen LogP contribution in [0.15, 0.2) is 6.07 Å². The SMILES string of the molecule is CN(CC1CCC1)c1cc(N)c(C(=O)C2CC2)s1. The highest BCUT2D eigenvalue weighted by Crippen LogP contribution is 2.40. The summed E-state index contributed by atoms with van der Waals surface area (Å²) in [6.45, 7) is 1.09. The standard InChI is InChI=1S/C14H20N2OS/c1-16(8-9-3-2-4-9)12-7-11(15)14(18-12)13(17)10-5-6-10/h7,9-10H,2-6,8,15H2,1H3. The first kappa shape index (κ1) is 12.0. The summed E-state index contributed by atoms with van der Waals surface area (Å²) in [7, 11) is 2.11. The number of carbonyl (C=O) groups is 1. The van der Waals surface area contributed by atoms with Crippen molar-refractivity contribution in [2.75, 3.05) is 24.2 Å². The number of carbonyl (C=O) groups excluding carboxylic acids is 1. The molecule has 2 fully saturated rings. The van der Waals surface area contributed by atoms with Gasteiger partial charge in [-0.05, 0) is 37.7 Å². The molecule has 1 aromatic heterocycles. The van der Waals surface area contributed by atoms with Gasteiger partial charge in [0.25, 0.3) is 0 Å². The molecule has 1 aromatic rings. The Morgan fingerprint density at radius 3 is 2.72 bits per heavy atom. The predicted molar refractivity (Wildman–Crippen MR) is 76.4 cm³/mol. The molecule has 2 aliphatic carbocycles. The number of nitrogen functional groups attached to an aromatic ring is 1. The van der Waals surface area contributed by atoms with Gasteiger partial charge in [-0.3, -0.25) is 4.79 Å². The number of nitrogens with two attached hydrogens (primary N) is 1. The molecule has 4 heteroatoms. The molecule has 0 unspecified atom stereocenters. The zero-order valence-electron chi connectivity index (χ0n) is 10.8. The number of hydrogen-bond acceptors (Lipinski definition) is 4. The van der Waals surface area contributed by atoms with E-state index in [2.05, 4.69) is 11.9 Å². The van der Waals surface area contributed by atoms with Gasteiger partial charge in [-0.15, -0.1) is 11.3 Å². The van der Waals surface area contributed by atoms with Crippen LogP contribution in [0.4, 0.5) is 10.7 Å². The van der Waals surface area contributed by atoms with Crippen molar-refractivity contribution in [3.05, 3.63) is 10.9 Å². The van der Waals surface area contributed by atoms with E-state index < -0.39 is 0 Å².